The second kappa shape index (κ2) is 10.7. The Morgan fingerprint density at radius 3 is 2.54 bits per heavy atom. The predicted molar refractivity (Wildman–Crippen MR) is 115 cm³/mol. The van der Waals surface area contributed by atoms with E-state index >= 15 is 0 Å². The maximum absolute atomic E-state index is 12.5. The molecule has 0 aliphatic heterocycles. The minimum atomic E-state index is -0.433. The number of benzene rings is 2. The topological polar surface area (TPSA) is 88.7 Å². The lowest BCUT2D eigenvalue weighted by Gasteiger charge is -2.14. The first-order valence-electron chi connectivity index (χ1n) is 8.28. The van der Waals surface area contributed by atoms with Crippen LogP contribution in [0.3, 0.4) is 0 Å². The first kappa shape index (κ1) is 21.8. The van der Waals surface area contributed by atoms with Gasteiger partial charge in [-0.15, -0.1) is 0 Å². The fourth-order valence-corrected chi connectivity index (χ4v) is 2.90. The molecular weight excluding hydrogens is 446 g/mol. The SMILES string of the molecule is COCCNC(=O)c1ccccc1NC(=S)NC(=O)c1cc(Br)ccc1OC. The van der Waals surface area contributed by atoms with Gasteiger partial charge in [-0.25, -0.2) is 0 Å². The molecule has 28 heavy (non-hydrogen) atoms. The van der Waals surface area contributed by atoms with Crippen LogP contribution in [0.15, 0.2) is 46.9 Å². The maximum atomic E-state index is 12.5. The summed E-state index contributed by atoms with van der Waals surface area (Å²) in [6.45, 7) is 0.789. The van der Waals surface area contributed by atoms with E-state index in [0.717, 1.165) is 4.47 Å². The van der Waals surface area contributed by atoms with E-state index in [2.05, 4.69) is 31.9 Å². The van der Waals surface area contributed by atoms with Gasteiger partial charge >= 0.3 is 0 Å². The third-order valence-electron chi connectivity index (χ3n) is 3.64. The molecule has 7 nitrogen and oxygen atoms in total. The Balaban J connectivity index is 2.08. The molecule has 0 unspecified atom stereocenters. The van der Waals surface area contributed by atoms with E-state index < -0.39 is 5.91 Å². The predicted octanol–water partition coefficient (Wildman–Crippen LogP) is 2.96. The molecule has 0 heterocycles. The molecule has 0 saturated carbocycles. The first-order chi connectivity index (χ1) is 13.5. The molecule has 0 spiro atoms. The van der Waals surface area contributed by atoms with Crippen molar-refractivity contribution in [3.63, 3.8) is 0 Å². The number of anilines is 1. The molecule has 0 aliphatic carbocycles. The highest BCUT2D eigenvalue weighted by Gasteiger charge is 2.16. The van der Waals surface area contributed by atoms with Crippen molar-refractivity contribution in [3.8, 4) is 5.75 Å². The number of methoxy groups -OCH3 is 2. The highest BCUT2D eigenvalue weighted by molar-refractivity contribution is 9.10. The van der Waals surface area contributed by atoms with Crippen LogP contribution >= 0.6 is 28.1 Å². The molecule has 148 valence electrons. The number of para-hydroxylation sites is 1. The summed E-state index contributed by atoms with van der Waals surface area (Å²) in [4.78, 5) is 24.9. The van der Waals surface area contributed by atoms with Crippen molar-refractivity contribution >= 4 is 50.8 Å². The van der Waals surface area contributed by atoms with Crippen LogP contribution in [-0.4, -0.2) is 44.3 Å². The molecular formula is C19H20BrN3O4S. The molecule has 0 fully saturated rings. The van der Waals surface area contributed by atoms with Gasteiger partial charge in [0.2, 0.25) is 0 Å². The number of hydrogen-bond donors (Lipinski definition) is 3. The van der Waals surface area contributed by atoms with Gasteiger partial charge in [0.1, 0.15) is 5.75 Å². The second-order valence-electron chi connectivity index (χ2n) is 5.55. The van der Waals surface area contributed by atoms with E-state index in [1.165, 1.54) is 7.11 Å². The Kier molecular flexibility index (Phi) is 8.37. The normalized spacial score (nSPS) is 10.1. The zero-order valence-corrected chi connectivity index (χ0v) is 17.8. The number of thiocarbonyl (C=S) groups is 1. The van der Waals surface area contributed by atoms with E-state index in [9.17, 15) is 9.59 Å². The lowest BCUT2D eigenvalue weighted by Crippen LogP contribution is -2.35. The number of amides is 2. The van der Waals surface area contributed by atoms with E-state index in [1.807, 2.05) is 0 Å². The molecule has 2 aromatic carbocycles. The fourth-order valence-electron chi connectivity index (χ4n) is 2.33. The van der Waals surface area contributed by atoms with Crippen molar-refractivity contribution < 1.29 is 19.1 Å². The zero-order chi connectivity index (χ0) is 20.5. The van der Waals surface area contributed by atoms with Gasteiger partial charge in [0, 0.05) is 18.1 Å². The molecule has 0 bridgehead atoms. The Hall–Kier alpha value is -2.49. The first-order valence-corrected chi connectivity index (χ1v) is 9.48. The lowest BCUT2D eigenvalue weighted by atomic mass is 10.1. The van der Waals surface area contributed by atoms with Crippen molar-refractivity contribution in [1.29, 1.82) is 0 Å². The summed E-state index contributed by atoms with van der Waals surface area (Å²) in [5, 5.41) is 8.29. The molecule has 0 aliphatic rings. The number of carbonyl (C=O) groups excluding carboxylic acids is 2. The molecule has 0 aromatic heterocycles. The van der Waals surface area contributed by atoms with Gasteiger partial charge in [0.05, 0.1) is 30.5 Å². The summed E-state index contributed by atoms with van der Waals surface area (Å²) in [6, 6.07) is 11.9. The Labute approximate surface area is 176 Å². The van der Waals surface area contributed by atoms with Crippen molar-refractivity contribution in [2.75, 3.05) is 32.7 Å². The molecule has 9 heteroatoms. The van der Waals surface area contributed by atoms with Gasteiger partial charge in [0.15, 0.2) is 5.11 Å². The monoisotopic (exact) mass is 465 g/mol. The summed E-state index contributed by atoms with van der Waals surface area (Å²) in [6.07, 6.45) is 0. The van der Waals surface area contributed by atoms with Crippen molar-refractivity contribution in [1.82, 2.24) is 10.6 Å². The number of rotatable bonds is 7. The summed E-state index contributed by atoms with van der Waals surface area (Å²) in [5.41, 5.74) is 1.20. The van der Waals surface area contributed by atoms with Gasteiger partial charge in [0.25, 0.3) is 11.8 Å². The van der Waals surface area contributed by atoms with Crippen molar-refractivity contribution in [2.24, 2.45) is 0 Å². The lowest BCUT2D eigenvalue weighted by molar-refractivity contribution is 0.0936. The Bertz CT molecular complexity index is 876. The zero-order valence-electron chi connectivity index (χ0n) is 15.4. The number of ether oxygens (including phenoxy) is 2. The minimum absolute atomic E-state index is 0.0594. The standard InChI is InChI=1S/C19H20BrN3O4S/c1-26-10-9-21-17(24)13-5-3-4-6-15(13)22-19(28)23-18(25)14-11-12(20)7-8-16(14)27-2/h3-8,11H,9-10H2,1-2H3,(H,21,24)(H2,22,23,25,28). The largest absolute Gasteiger partial charge is 0.496 e. The highest BCUT2D eigenvalue weighted by atomic mass is 79.9. The second-order valence-corrected chi connectivity index (χ2v) is 6.87. The Morgan fingerprint density at radius 2 is 1.82 bits per heavy atom. The van der Waals surface area contributed by atoms with Crippen LogP contribution in [-0.2, 0) is 4.74 Å². The summed E-state index contributed by atoms with van der Waals surface area (Å²) in [5.74, 6) is -0.290. The van der Waals surface area contributed by atoms with Crippen molar-refractivity contribution in [2.45, 2.75) is 0 Å². The van der Waals surface area contributed by atoms with Gasteiger partial charge in [-0.05, 0) is 42.5 Å². The molecule has 3 N–H and O–H groups in total. The number of halogens is 1. The Morgan fingerprint density at radius 1 is 1.07 bits per heavy atom. The minimum Gasteiger partial charge on any atom is -0.496 e. The smallest absolute Gasteiger partial charge is 0.261 e. The number of nitrogens with one attached hydrogen (secondary N) is 3. The molecule has 0 saturated heterocycles. The highest BCUT2D eigenvalue weighted by Crippen LogP contribution is 2.23. The quantitative estimate of drug-likeness (QED) is 0.430. The average molecular weight is 466 g/mol. The van der Waals surface area contributed by atoms with E-state index in [4.69, 9.17) is 21.7 Å². The summed E-state index contributed by atoms with van der Waals surface area (Å²) >= 11 is 8.56. The molecule has 2 rings (SSSR count). The maximum Gasteiger partial charge on any atom is 0.261 e. The summed E-state index contributed by atoms with van der Waals surface area (Å²) < 4.78 is 10.9. The number of hydrogen-bond acceptors (Lipinski definition) is 5. The van der Waals surface area contributed by atoms with Crippen LogP contribution in [0.1, 0.15) is 20.7 Å². The summed E-state index contributed by atoms with van der Waals surface area (Å²) in [7, 11) is 3.04. The van der Waals surface area contributed by atoms with Crippen LogP contribution in [0.25, 0.3) is 0 Å². The van der Waals surface area contributed by atoms with Gasteiger partial charge < -0.3 is 20.1 Å². The van der Waals surface area contributed by atoms with Crippen LogP contribution in [0.4, 0.5) is 5.69 Å². The van der Waals surface area contributed by atoms with Gasteiger partial charge in [-0.2, -0.15) is 0 Å². The van der Waals surface area contributed by atoms with Crippen LogP contribution < -0.4 is 20.7 Å². The fraction of sp³-hybridized carbons (Fsp3) is 0.211. The van der Waals surface area contributed by atoms with E-state index in [0.29, 0.717) is 35.7 Å². The van der Waals surface area contributed by atoms with Crippen LogP contribution in [0.2, 0.25) is 0 Å². The van der Waals surface area contributed by atoms with Gasteiger partial charge in [-0.1, -0.05) is 28.1 Å². The van der Waals surface area contributed by atoms with Crippen molar-refractivity contribution in [3.05, 3.63) is 58.1 Å². The van der Waals surface area contributed by atoms with E-state index in [-0.39, 0.29) is 11.0 Å². The molecule has 2 amide bonds. The third-order valence-corrected chi connectivity index (χ3v) is 4.34. The molecule has 0 radical (unpaired) electrons. The van der Waals surface area contributed by atoms with E-state index in [1.54, 1.807) is 49.6 Å². The third kappa shape index (κ3) is 6.01. The average Bonchev–Trinajstić information content (AvgIpc) is 2.68. The number of carbonyl (C=O) groups is 2. The molecule has 2 aromatic rings. The van der Waals surface area contributed by atoms with Crippen LogP contribution in [0.5, 0.6) is 5.75 Å². The van der Waals surface area contributed by atoms with Gasteiger partial charge in [-0.3, -0.25) is 14.9 Å². The van der Waals surface area contributed by atoms with Crippen LogP contribution in [0, 0.1) is 0 Å². The molecule has 0 atom stereocenters.